The van der Waals surface area contributed by atoms with E-state index < -0.39 is 46.4 Å². The number of carboxylic acids is 1. The van der Waals surface area contributed by atoms with Crippen molar-refractivity contribution in [1.29, 1.82) is 0 Å². The van der Waals surface area contributed by atoms with E-state index in [-0.39, 0.29) is 66.7 Å². The highest BCUT2D eigenvalue weighted by atomic mass is 16.7. The standard InChI is InChI=1S/C56H57N7O12/c1-31-55(5,62-48(65)22-34-10-8-7-9-11-34)53(70)63(31)49(51(67)68)45(54(4)18-19-54)29-71-39-13-16-43-46(27-39)74-47-28-40(73-30-72-33(3)64)14-17-44(47)56(43)42-15-12-37(26-41(42)52(69)75-56)61-32(2)59-20-21-60-50(66)35-23-36(57)25-38(24-35)58-6/h7-17,23-28,31,58-59,61H,2,18-22,29-30,57H2,1,3-6H3,(H,60,66)(H,62,65)(H,67,68)/b49-45-/t31-,55+,56?/m1/s1. The maximum Gasteiger partial charge on any atom is 0.352 e. The Hall–Kier alpha value is -9.00. The molecular formula is C56H57N7O12. The summed E-state index contributed by atoms with van der Waals surface area (Å²) in [6.07, 6.45) is 1.38. The SMILES string of the molecule is C=C(NCCNC(=O)c1cc(N)cc(NC)c1)Nc1ccc2c(c1)C(=O)OC21c2ccc(OCOC(C)=O)cc2Oc2cc(OC/C(=C(\C(=O)O)N3C(=O)[C@@](C)(NC(=O)Cc4ccccc4)[C@H]3C)C3(C)CC3)ccc21. The van der Waals surface area contributed by atoms with Crippen molar-refractivity contribution in [3.8, 4) is 23.0 Å². The Morgan fingerprint density at radius 1 is 0.840 bits per heavy atom. The summed E-state index contributed by atoms with van der Waals surface area (Å²) in [5.41, 5.74) is 7.26. The fourth-order valence-corrected chi connectivity index (χ4v) is 9.68. The Bertz CT molecular complexity index is 3210. The maximum absolute atomic E-state index is 14.1. The van der Waals surface area contributed by atoms with Gasteiger partial charge in [-0.15, -0.1) is 0 Å². The molecule has 3 amide bonds. The minimum atomic E-state index is -1.54. The lowest BCUT2D eigenvalue weighted by molar-refractivity contribution is -0.162. The van der Waals surface area contributed by atoms with Gasteiger partial charge in [0.1, 0.15) is 40.8 Å². The van der Waals surface area contributed by atoms with Gasteiger partial charge in [0.15, 0.2) is 5.60 Å². The average Bonchev–Trinajstić information content (AvgIpc) is 4.11. The Morgan fingerprint density at radius 3 is 2.15 bits per heavy atom. The largest absolute Gasteiger partial charge is 0.489 e. The second kappa shape index (κ2) is 20.1. The van der Waals surface area contributed by atoms with Crippen LogP contribution in [0.25, 0.3) is 0 Å². The van der Waals surface area contributed by atoms with Gasteiger partial charge in [0.05, 0.1) is 23.8 Å². The third-order valence-corrected chi connectivity index (χ3v) is 14.1. The van der Waals surface area contributed by atoms with E-state index in [1.54, 1.807) is 93.7 Å². The molecule has 0 aromatic heterocycles. The van der Waals surface area contributed by atoms with Crippen LogP contribution in [0.2, 0.25) is 0 Å². The number of hydrogen-bond donors (Lipinski definition) is 7. The van der Waals surface area contributed by atoms with Crippen LogP contribution in [0, 0.1) is 5.41 Å². The monoisotopic (exact) mass is 1020 g/mol. The molecule has 9 rings (SSSR count). The van der Waals surface area contributed by atoms with E-state index in [4.69, 9.17) is 29.4 Å². The first-order valence-electron chi connectivity index (χ1n) is 24.3. The van der Waals surface area contributed by atoms with Crippen LogP contribution < -0.4 is 46.5 Å². The third kappa shape index (κ3) is 9.95. The number of carboxylic acid groups (broad SMARTS) is 1. The Balaban J connectivity index is 0.958. The molecule has 3 aliphatic heterocycles. The summed E-state index contributed by atoms with van der Waals surface area (Å²) in [4.78, 5) is 80.0. The van der Waals surface area contributed by atoms with Gasteiger partial charge < -0.3 is 61.1 Å². The summed E-state index contributed by atoms with van der Waals surface area (Å²) < 4.78 is 30.1. The van der Waals surface area contributed by atoms with Gasteiger partial charge in [-0.25, -0.2) is 9.59 Å². The van der Waals surface area contributed by atoms with Gasteiger partial charge in [-0.3, -0.25) is 24.1 Å². The van der Waals surface area contributed by atoms with Gasteiger partial charge in [-0.2, -0.15) is 0 Å². The van der Waals surface area contributed by atoms with Gasteiger partial charge in [-0.05, 0) is 92.3 Å². The third-order valence-electron chi connectivity index (χ3n) is 14.1. The van der Waals surface area contributed by atoms with Crippen molar-refractivity contribution < 1.29 is 57.6 Å². The number of β-lactam (4-membered cyclic amide) rings is 1. The molecule has 3 heterocycles. The predicted octanol–water partition coefficient (Wildman–Crippen LogP) is 6.55. The van der Waals surface area contributed by atoms with E-state index in [0.717, 1.165) is 5.56 Å². The molecule has 8 N–H and O–H groups in total. The zero-order valence-corrected chi connectivity index (χ0v) is 42.0. The van der Waals surface area contributed by atoms with E-state index in [1.165, 1.54) is 11.8 Å². The summed E-state index contributed by atoms with van der Waals surface area (Å²) in [6, 6.07) is 28.6. The van der Waals surface area contributed by atoms with Gasteiger partial charge in [0.2, 0.25) is 12.7 Å². The number of likely N-dealkylation sites (tertiary alicyclic amines) is 1. The fourth-order valence-electron chi connectivity index (χ4n) is 9.68. The molecule has 1 saturated carbocycles. The average molecular weight is 1020 g/mol. The van der Waals surface area contributed by atoms with Gasteiger partial charge >= 0.3 is 17.9 Å². The molecule has 5 aromatic carbocycles. The van der Waals surface area contributed by atoms with Crippen molar-refractivity contribution in [2.24, 2.45) is 5.41 Å². The Labute approximate surface area is 432 Å². The Kier molecular flexibility index (Phi) is 13.7. The summed E-state index contributed by atoms with van der Waals surface area (Å²) in [5.74, 6) is -2.19. The maximum atomic E-state index is 14.1. The fraction of sp³-hybridized carbons (Fsp3) is 0.286. The number of esters is 2. The number of nitrogen functional groups attached to an aromatic ring is 1. The zero-order chi connectivity index (χ0) is 53.4. The van der Waals surface area contributed by atoms with Crippen molar-refractivity contribution in [3.63, 3.8) is 0 Å². The molecule has 19 heteroatoms. The van der Waals surface area contributed by atoms with Gasteiger partial charge in [-0.1, -0.05) is 49.9 Å². The summed E-state index contributed by atoms with van der Waals surface area (Å²) in [6.45, 7) is 10.6. The number of ether oxygens (including phenoxy) is 5. The summed E-state index contributed by atoms with van der Waals surface area (Å²) in [5, 5.41) is 25.8. The molecule has 1 aliphatic carbocycles. The Morgan fingerprint density at radius 2 is 1.51 bits per heavy atom. The lowest BCUT2D eigenvalue weighted by Gasteiger charge is -2.53. The smallest absolute Gasteiger partial charge is 0.352 e. The van der Waals surface area contributed by atoms with E-state index in [2.05, 4.69) is 33.2 Å². The van der Waals surface area contributed by atoms with Crippen LogP contribution in [0.15, 0.2) is 127 Å². The number of nitrogens with two attached hydrogens (primary N) is 1. The summed E-state index contributed by atoms with van der Waals surface area (Å²) >= 11 is 0. The predicted molar refractivity (Wildman–Crippen MR) is 276 cm³/mol. The van der Waals surface area contributed by atoms with E-state index >= 15 is 0 Å². The van der Waals surface area contributed by atoms with Crippen molar-refractivity contribution >= 4 is 52.7 Å². The van der Waals surface area contributed by atoms with Crippen LogP contribution in [0.5, 0.6) is 23.0 Å². The number of nitrogens with one attached hydrogen (secondary N) is 5. The van der Waals surface area contributed by atoms with E-state index in [1.807, 2.05) is 37.3 Å². The normalized spacial score (nSPS) is 19.5. The minimum Gasteiger partial charge on any atom is -0.489 e. The molecule has 1 unspecified atom stereocenters. The number of aliphatic carboxylic acids is 1. The lowest BCUT2D eigenvalue weighted by atomic mass is 9.77. The number of amides is 3. The molecule has 3 atom stereocenters. The highest BCUT2D eigenvalue weighted by Crippen LogP contribution is 2.58. The molecule has 0 radical (unpaired) electrons. The first kappa shape index (κ1) is 50.9. The molecule has 2 fully saturated rings. The first-order valence-corrected chi connectivity index (χ1v) is 24.3. The van der Waals surface area contributed by atoms with Gasteiger partial charge in [0.25, 0.3) is 11.8 Å². The molecule has 5 aromatic rings. The molecule has 0 bridgehead atoms. The quantitative estimate of drug-likeness (QED) is 0.0109. The number of anilines is 3. The first-order chi connectivity index (χ1) is 35.8. The second-order valence-corrected chi connectivity index (χ2v) is 19.3. The van der Waals surface area contributed by atoms with Gasteiger partial charge in [0, 0.05) is 84.1 Å². The number of benzene rings is 5. The molecular weight excluding hydrogens is 963 g/mol. The van der Waals surface area contributed by atoms with Crippen molar-refractivity contribution in [2.45, 2.75) is 64.1 Å². The summed E-state index contributed by atoms with van der Waals surface area (Å²) in [7, 11) is 1.74. The minimum absolute atomic E-state index is 0.0524. The van der Waals surface area contributed by atoms with Crippen LogP contribution in [0.3, 0.4) is 0 Å². The van der Waals surface area contributed by atoms with Crippen molar-refractivity contribution in [2.75, 3.05) is 49.9 Å². The molecule has 19 nitrogen and oxygen atoms in total. The highest BCUT2D eigenvalue weighted by Gasteiger charge is 2.60. The second-order valence-electron chi connectivity index (χ2n) is 19.3. The van der Waals surface area contributed by atoms with Crippen LogP contribution in [0.1, 0.15) is 83.5 Å². The number of hydrogen-bond acceptors (Lipinski definition) is 15. The van der Waals surface area contributed by atoms with Crippen molar-refractivity contribution in [3.05, 3.63) is 160 Å². The molecule has 75 heavy (non-hydrogen) atoms. The van der Waals surface area contributed by atoms with Crippen LogP contribution in [-0.4, -0.2) is 90.8 Å². The highest BCUT2D eigenvalue weighted by molar-refractivity contribution is 6.04. The van der Waals surface area contributed by atoms with E-state index in [0.29, 0.717) is 75.8 Å². The number of fused-ring (bicyclic) bond motifs is 6. The number of carbonyl (C=O) groups is 6. The molecule has 1 saturated heterocycles. The number of rotatable bonds is 20. The molecule has 4 aliphatic rings. The van der Waals surface area contributed by atoms with Crippen LogP contribution >= 0.6 is 0 Å². The molecule has 388 valence electrons. The van der Waals surface area contributed by atoms with Crippen molar-refractivity contribution in [1.82, 2.24) is 20.9 Å². The molecule has 1 spiro atoms. The van der Waals surface area contributed by atoms with E-state index in [9.17, 15) is 33.9 Å². The lowest BCUT2D eigenvalue weighted by Crippen LogP contribution is -2.78. The zero-order valence-electron chi connectivity index (χ0n) is 42.0. The van der Waals surface area contributed by atoms with Crippen LogP contribution in [-0.2, 0) is 40.7 Å². The number of nitrogens with zero attached hydrogens (tertiary/aromatic N) is 1. The van der Waals surface area contributed by atoms with Crippen LogP contribution in [0.4, 0.5) is 17.1 Å². The topological polar surface area (TPSA) is 258 Å². The number of carbonyl (C=O) groups excluding carboxylic acids is 5.